The van der Waals surface area contributed by atoms with Crippen LogP contribution in [0.4, 0.5) is 16.7 Å². The van der Waals surface area contributed by atoms with Crippen molar-refractivity contribution in [2.45, 2.75) is 25.9 Å². The maximum Gasteiger partial charge on any atom is 0.335 e. The number of ether oxygens (including phenoxy) is 1. The number of aromatic amines is 1. The van der Waals surface area contributed by atoms with Crippen molar-refractivity contribution < 1.29 is 14.3 Å². The zero-order valence-corrected chi connectivity index (χ0v) is 15.3. The number of aromatic nitrogens is 4. The van der Waals surface area contributed by atoms with Crippen molar-refractivity contribution >= 4 is 23.8 Å². The van der Waals surface area contributed by atoms with Crippen molar-refractivity contribution in [3.8, 4) is 0 Å². The minimum atomic E-state index is -0.994. The number of rotatable bonds is 4. The third kappa shape index (κ3) is 3.01. The predicted molar refractivity (Wildman–Crippen MR) is 96.2 cm³/mol. The second kappa shape index (κ2) is 6.62. The molecule has 3 amide bonds. The van der Waals surface area contributed by atoms with Gasteiger partial charge in [0.1, 0.15) is 5.54 Å². The molecule has 4 heterocycles. The molecule has 2 aliphatic heterocycles. The quantitative estimate of drug-likeness (QED) is 0.792. The Balaban J connectivity index is 1.59. The summed E-state index contributed by atoms with van der Waals surface area (Å²) in [7, 11) is 0. The summed E-state index contributed by atoms with van der Waals surface area (Å²) in [6, 6.07) is 3.22. The van der Waals surface area contributed by atoms with Crippen LogP contribution >= 0.6 is 0 Å². The van der Waals surface area contributed by atoms with E-state index in [0.29, 0.717) is 38.8 Å². The number of urea groups is 1. The minimum absolute atomic E-state index is 0.136. The van der Waals surface area contributed by atoms with Gasteiger partial charge in [0.25, 0.3) is 5.91 Å². The Bertz CT molecular complexity index is 845. The topological polar surface area (TPSA) is 108 Å². The van der Waals surface area contributed by atoms with Crippen LogP contribution < -0.4 is 9.80 Å². The minimum Gasteiger partial charge on any atom is -0.378 e. The number of hydrogen-bond acceptors (Lipinski definition) is 7. The molecular formula is C17H21N7O3. The van der Waals surface area contributed by atoms with Crippen LogP contribution in [0.25, 0.3) is 0 Å². The monoisotopic (exact) mass is 371 g/mol. The zero-order chi connectivity index (χ0) is 19.0. The van der Waals surface area contributed by atoms with Crippen LogP contribution in [0.5, 0.6) is 0 Å². The first-order chi connectivity index (χ1) is 13.0. The molecule has 4 rings (SSSR count). The molecular weight excluding hydrogens is 350 g/mol. The van der Waals surface area contributed by atoms with Crippen molar-refractivity contribution in [3.05, 3.63) is 30.1 Å². The fourth-order valence-corrected chi connectivity index (χ4v) is 3.21. The molecule has 2 aromatic heterocycles. The summed E-state index contributed by atoms with van der Waals surface area (Å²) >= 11 is 0. The number of imide groups is 1. The van der Waals surface area contributed by atoms with Gasteiger partial charge in [0.15, 0.2) is 0 Å². The number of carbonyl (C=O) groups excluding carboxylic acids is 2. The number of amides is 3. The molecule has 1 N–H and O–H groups in total. The first kappa shape index (κ1) is 17.4. The van der Waals surface area contributed by atoms with Gasteiger partial charge in [-0.05, 0) is 31.5 Å². The summed E-state index contributed by atoms with van der Waals surface area (Å²) in [6.07, 6.45) is 3.32. The van der Waals surface area contributed by atoms with Gasteiger partial charge in [-0.3, -0.25) is 9.78 Å². The van der Waals surface area contributed by atoms with Crippen LogP contribution in [0.15, 0.2) is 24.5 Å². The molecule has 0 aliphatic carbocycles. The molecule has 0 bridgehead atoms. The van der Waals surface area contributed by atoms with Gasteiger partial charge in [-0.1, -0.05) is 0 Å². The standard InChI is InChI=1S/C17H21N7O3/c1-17(2)13(25)24(16(26)23(17)11-12-3-5-18-6-4-12)15-19-14(20-21-15)22-7-9-27-10-8-22/h3-6H,7-11H2,1-2H3,(H,19,20,21). The van der Waals surface area contributed by atoms with Crippen molar-refractivity contribution in [2.75, 3.05) is 36.1 Å². The smallest absolute Gasteiger partial charge is 0.335 e. The Morgan fingerprint density at radius 2 is 1.89 bits per heavy atom. The first-order valence-electron chi connectivity index (χ1n) is 8.78. The normalized spacial score (nSPS) is 19.9. The molecule has 10 nitrogen and oxygen atoms in total. The molecule has 0 saturated carbocycles. The maximum absolute atomic E-state index is 13.0. The first-order valence-corrected chi connectivity index (χ1v) is 8.78. The van der Waals surface area contributed by atoms with Gasteiger partial charge in [-0.2, -0.15) is 9.88 Å². The van der Waals surface area contributed by atoms with Crippen LogP contribution in [-0.2, 0) is 16.1 Å². The van der Waals surface area contributed by atoms with Crippen molar-refractivity contribution in [2.24, 2.45) is 0 Å². The molecule has 0 radical (unpaired) electrons. The molecule has 10 heteroatoms. The van der Waals surface area contributed by atoms with Gasteiger partial charge in [0.05, 0.1) is 13.2 Å². The number of nitrogens with one attached hydrogen (secondary N) is 1. The number of H-pyrrole nitrogens is 1. The number of morpholine rings is 1. The Morgan fingerprint density at radius 3 is 2.59 bits per heavy atom. The lowest BCUT2D eigenvalue weighted by atomic mass is 10.0. The summed E-state index contributed by atoms with van der Waals surface area (Å²) in [5.74, 6) is 0.252. The molecule has 2 saturated heterocycles. The van der Waals surface area contributed by atoms with E-state index in [2.05, 4.69) is 20.2 Å². The Morgan fingerprint density at radius 1 is 1.19 bits per heavy atom. The van der Waals surface area contributed by atoms with E-state index in [4.69, 9.17) is 4.74 Å². The van der Waals surface area contributed by atoms with E-state index in [0.717, 1.165) is 10.5 Å². The van der Waals surface area contributed by atoms with E-state index in [1.54, 1.807) is 26.2 Å². The van der Waals surface area contributed by atoms with Crippen LogP contribution in [0.3, 0.4) is 0 Å². The van der Waals surface area contributed by atoms with E-state index in [-0.39, 0.29) is 11.9 Å². The van der Waals surface area contributed by atoms with Crippen molar-refractivity contribution in [3.63, 3.8) is 0 Å². The van der Waals surface area contributed by atoms with Crippen LogP contribution in [0, 0.1) is 0 Å². The average Bonchev–Trinajstić information content (AvgIpc) is 3.22. The third-order valence-electron chi connectivity index (χ3n) is 4.88. The summed E-state index contributed by atoms with van der Waals surface area (Å²) in [6.45, 7) is 6.29. The molecule has 27 heavy (non-hydrogen) atoms. The van der Waals surface area contributed by atoms with Gasteiger partial charge >= 0.3 is 6.03 Å². The van der Waals surface area contributed by atoms with Gasteiger partial charge in [-0.15, -0.1) is 5.10 Å². The molecule has 0 spiro atoms. The average molecular weight is 371 g/mol. The number of pyridine rings is 1. The van der Waals surface area contributed by atoms with Gasteiger partial charge < -0.3 is 14.5 Å². The Hall–Kier alpha value is -3.01. The fraction of sp³-hybridized carbons (Fsp3) is 0.471. The number of anilines is 2. The maximum atomic E-state index is 13.0. The molecule has 142 valence electrons. The predicted octanol–water partition coefficient (Wildman–Crippen LogP) is 0.784. The third-order valence-corrected chi connectivity index (χ3v) is 4.88. The summed E-state index contributed by atoms with van der Waals surface area (Å²) in [5.41, 5.74) is -0.0978. The van der Waals surface area contributed by atoms with E-state index in [9.17, 15) is 9.59 Å². The summed E-state index contributed by atoms with van der Waals surface area (Å²) in [5, 5.41) is 6.90. The van der Waals surface area contributed by atoms with E-state index < -0.39 is 11.6 Å². The number of hydrogen-bond donors (Lipinski definition) is 1. The summed E-state index contributed by atoms with van der Waals surface area (Å²) < 4.78 is 5.32. The summed E-state index contributed by atoms with van der Waals surface area (Å²) in [4.78, 5) is 38.9. The molecule has 0 unspecified atom stereocenters. The molecule has 0 atom stereocenters. The molecule has 2 fully saturated rings. The van der Waals surface area contributed by atoms with Crippen LogP contribution in [-0.4, -0.2) is 68.8 Å². The Labute approximate surface area is 156 Å². The highest BCUT2D eigenvalue weighted by atomic mass is 16.5. The van der Waals surface area contributed by atoms with Gasteiger partial charge in [0.2, 0.25) is 11.9 Å². The van der Waals surface area contributed by atoms with E-state index in [1.807, 2.05) is 17.0 Å². The largest absolute Gasteiger partial charge is 0.378 e. The second-order valence-corrected chi connectivity index (χ2v) is 6.98. The second-order valence-electron chi connectivity index (χ2n) is 6.98. The fourth-order valence-electron chi connectivity index (χ4n) is 3.21. The highest BCUT2D eigenvalue weighted by Gasteiger charge is 2.53. The van der Waals surface area contributed by atoms with Gasteiger partial charge in [0, 0.05) is 32.0 Å². The highest BCUT2D eigenvalue weighted by Crippen LogP contribution is 2.32. The van der Waals surface area contributed by atoms with E-state index >= 15 is 0 Å². The lowest BCUT2D eigenvalue weighted by molar-refractivity contribution is -0.123. The van der Waals surface area contributed by atoms with Crippen LogP contribution in [0.2, 0.25) is 0 Å². The molecule has 0 aromatic carbocycles. The van der Waals surface area contributed by atoms with Gasteiger partial charge in [-0.25, -0.2) is 9.89 Å². The van der Waals surface area contributed by atoms with Crippen molar-refractivity contribution in [1.29, 1.82) is 0 Å². The molecule has 2 aromatic rings. The van der Waals surface area contributed by atoms with Crippen LogP contribution in [0.1, 0.15) is 19.4 Å². The Kier molecular flexibility index (Phi) is 4.27. The SMILES string of the molecule is CC1(C)C(=O)N(c2nc(N3CCOCC3)n[nH]2)C(=O)N1Cc1ccncc1. The lowest BCUT2D eigenvalue weighted by Crippen LogP contribution is -2.43. The number of nitrogens with zero attached hydrogens (tertiary/aromatic N) is 6. The number of carbonyl (C=O) groups is 2. The molecule has 2 aliphatic rings. The highest BCUT2D eigenvalue weighted by molar-refractivity contribution is 6.22. The lowest BCUT2D eigenvalue weighted by Gasteiger charge is -2.27. The zero-order valence-electron chi connectivity index (χ0n) is 15.3. The van der Waals surface area contributed by atoms with E-state index in [1.165, 1.54) is 4.90 Å². The van der Waals surface area contributed by atoms with Crippen molar-refractivity contribution in [1.82, 2.24) is 25.1 Å².